The second-order valence-electron chi connectivity index (χ2n) is 5.91. The van der Waals surface area contributed by atoms with Gasteiger partial charge in [-0.1, -0.05) is 17.7 Å². The number of carbonyl (C=O) groups is 1. The zero-order valence-electron chi connectivity index (χ0n) is 13.5. The topological polar surface area (TPSA) is 75.5 Å². The molecule has 1 saturated heterocycles. The Hall–Kier alpha value is -1.96. The first-order chi connectivity index (χ1) is 12.1. The summed E-state index contributed by atoms with van der Waals surface area (Å²) in [5.74, 6) is -0.333. The molecular formula is C17H18ClN3O3S. The maximum atomic E-state index is 12.4. The molecule has 3 rings (SSSR count). The molecule has 0 aliphatic carbocycles. The smallest absolute Gasteiger partial charge is 0.288 e. The number of likely N-dealkylation sites (tertiary alicyclic amines) is 1. The van der Waals surface area contributed by atoms with Gasteiger partial charge in [-0.3, -0.25) is 19.8 Å². The molecule has 1 aromatic heterocycles. The number of rotatable bonds is 6. The molecular weight excluding hydrogens is 362 g/mol. The van der Waals surface area contributed by atoms with E-state index < -0.39 is 4.92 Å². The minimum atomic E-state index is -0.586. The molecule has 1 aromatic carbocycles. The summed E-state index contributed by atoms with van der Waals surface area (Å²) in [6, 6.07) is 8.31. The highest BCUT2D eigenvalue weighted by molar-refractivity contribution is 7.10. The van der Waals surface area contributed by atoms with E-state index in [-0.39, 0.29) is 28.2 Å². The first kappa shape index (κ1) is 17.8. The fourth-order valence-corrected chi connectivity index (χ4v) is 4.08. The molecule has 1 amide bonds. The van der Waals surface area contributed by atoms with Crippen LogP contribution < -0.4 is 5.32 Å². The van der Waals surface area contributed by atoms with Crippen LogP contribution in [-0.2, 0) is 0 Å². The standard InChI is InChI=1S/C17H18ClN3O3S/c18-13-6-5-12(10-14(13)21(23)24)17(22)19-11-15(16-4-3-9-25-16)20-7-1-2-8-20/h3-6,9-10,15H,1-2,7-8,11H2,(H,19,22)/t15-/m1/s1. The lowest BCUT2D eigenvalue weighted by Crippen LogP contribution is -2.36. The summed E-state index contributed by atoms with van der Waals surface area (Å²) in [5, 5.41) is 15.9. The van der Waals surface area contributed by atoms with Crippen LogP contribution in [0.2, 0.25) is 5.02 Å². The van der Waals surface area contributed by atoms with Gasteiger partial charge in [0.2, 0.25) is 0 Å². The van der Waals surface area contributed by atoms with E-state index in [1.165, 1.54) is 35.9 Å². The molecule has 2 heterocycles. The Labute approximate surface area is 154 Å². The van der Waals surface area contributed by atoms with Gasteiger partial charge in [0.1, 0.15) is 5.02 Å². The van der Waals surface area contributed by atoms with E-state index in [1.54, 1.807) is 11.3 Å². The maximum absolute atomic E-state index is 12.4. The van der Waals surface area contributed by atoms with Gasteiger partial charge in [-0.25, -0.2) is 0 Å². The average Bonchev–Trinajstić information content (AvgIpc) is 3.29. The van der Waals surface area contributed by atoms with Gasteiger partial charge in [-0.05, 0) is 49.5 Å². The maximum Gasteiger partial charge on any atom is 0.288 e. The molecule has 1 N–H and O–H groups in total. The molecule has 0 saturated carbocycles. The van der Waals surface area contributed by atoms with E-state index >= 15 is 0 Å². The summed E-state index contributed by atoms with van der Waals surface area (Å²) in [6.07, 6.45) is 2.33. The van der Waals surface area contributed by atoms with Gasteiger partial charge in [0.15, 0.2) is 0 Å². The van der Waals surface area contributed by atoms with E-state index in [2.05, 4.69) is 16.3 Å². The van der Waals surface area contributed by atoms with Crippen LogP contribution in [0.25, 0.3) is 0 Å². The molecule has 1 aliphatic rings. The Morgan fingerprint density at radius 3 is 2.76 bits per heavy atom. The highest BCUT2D eigenvalue weighted by Crippen LogP contribution is 2.28. The summed E-state index contributed by atoms with van der Waals surface area (Å²) in [4.78, 5) is 26.4. The van der Waals surface area contributed by atoms with Crippen LogP contribution in [0.3, 0.4) is 0 Å². The molecule has 0 radical (unpaired) electrons. The monoisotopic (exact) mass is 379 g/mol. The van der Waals surface area contributed by atoms with Crippen LogP contribution in [0.5, 0.6) is 0 Å². The summed E-state index contributed by atoms with van der Waals surface area (Å²) in [7, 11) is 0. The molecule has 0 spiro atoms. The molecule has 1 atom stereocenters. The van der Waals surface area contributed by atoms with Gasteiger partial charge in [0.25, 0.3) is 11.6 Å². The van der Waals surface area contributed by atoms with Crippen molar-refractivity contribution in [1.29, 1.82) is 0 Å². The van der Waals surface area contributed by atoms with Crippen molar-refractivity contribution in [2.75, 3.05) is 19.6 Å². The number of halogens is 1. The third kappa shape index (κ3) is 4.18. The normalized spacial score (nSPS) is 15.9. The molecule has 0 unspecified atom stereocenters. The van der Waals surface area contributed by atoms with Crippen molar-refractivity contribution in [2.24, 2.45) is 0 Å². The molecule has 8 heteroatoms. The third-order valence-corrected chi connectivity index (χ3v) is 5.61. The van der Waals surface area contributed by atoms with E-state index in [1.807, 2.05) is 11.4 Å². The largest absolute Gasteiger partial charge is 0.350 e. The Morgan fingerprint density at radius 2 is 2.12 bits per heavy atom. The molecule has 0 bridgehead atoms. The van der Waals surface area contributed by atoms with Crippen LogP contribution in [0.1, 0.15) is 34.1 Å². The second kappa shape index (κ2) is 7.95. The SMILES string of the molecule is O=C(NC[C@H](c1cccs1)N1CCCC1)c1ccc(Cl)c([N+](=O)[O-])c1. The minimum Gasteiger partial charge on any atom is -0.350 e. The van der Waals surface area contributed by atoms with Crippen molar-refractivity contribution < 1.29 is 9.72 Å². The highest BCUT2D eigenvalue weighted by atomic mass is 35.5. The average molecular weight is 380 g/mol. The summed E-state index contributed by atoms with van der Waals surface area (Å²) in [6.45, 7) is 2.51. The second-order valence-corrected chi connectivity index (χ2v) is 7.29. The number of nitrogens with zero attached hydrogens (tertiary/aromatic N) is 2. The number of amides is 1. The Bertz CT molecular complexity index is 761. The lowest BCUT2D eigenvalue weighted by Gasteiger charge is -2.26. The first-order valence-corrected chi connectivity index (χ1v) is 9.31. The van der Waals surface area contributed by atoms with E-state index in [4.69, 9.17) is 11.6 Å². The number of hydrogen-bond acceptors (Lipinski definition) is 5. The number of nitrogens with one attached hydrogen (secondary N) is 1. The zero-order chi connectivity index (χ0) is 17.8. The third-order valence-electron chi connectivity index (χ3n) is 4.31. The number of benzene rings is 1. The van der Waals surface area contributed by atoms with E-state index in [0.29, 0.717) is 6.54 Å². The van der Waals surface area contributed by atoms with Crippen molar-refractivity contribution in [3.8, 4) is 0 Å². The number of thiophene rings is 1. The lowest BCUT2D eigenvalue weighted by molar-refractivity contribution is -0.384. The van der Waals surface area contributed by atoms with Gasteiger partial charge in [0, 0.05) is 23.1 Å². The van der Waals surface area contributed by atoms with Gasteiger partial charge >= 0.3 is 0 Å². The number of carbonyl (C=O) groups excluding carboxylic acids is 1. The Balaban J connectivity index is 1.71. The predicted molar refractivity (Wildman–Crippen MR) is 98.3 cm³/mol. The van der Waals surface area contributed by atoms with Crippen LogP contribution in [0.15, 0.2) is 35.7 Å². The highest BCUT2D eigenvalue weighted by Gasteiger charge is 2.25. The summed E-state index contributed by atoms with van der Waals surface area (Å²) >= 11 is 7.47. The van der Waals surface area contributed by atoms with Gasteiger partial charge < -0.3 is 5.32 Å². The van der Waals surface area contributed by atoms with E-state index in [9.17, 15) is 14.9 Å². The predicted octanol–water partition coefficient (Wildman–Crippen LogP) is 3.88. The molecule has 6 nitrogen and oxygen atoms in total. The minimum absolute atomic E-state index is 0.0232. The first-order valence-electron chi connectivity index (χ1n) is 8.06. The quantitative estimate of drug-likeness (QED) is 0.610. The van der Waals surface area contributed by atoms with Crippen molar-refractivity contribution in [2.45, 2.75) is 18.9 Å². The van der Waals surface area contributed by atoms with Crippen molar-refractivity contribution >= 4 is 34.5 Å². The fraction of sp³-hybridized carbons (Fsp3) is 0.353. The Kier molecular flexibility index (Phi) is 5.67. The van der Waals surface area contributed by atoms with Gasteiger partial charge in [-0.2, -0.15) is 0 Å². The van der Waals surface area contributed by atoms with Crippen LogP contribution in [0, 0.1) is 10.1 Å². The van der Waals surface area contributed by atoms with Crippen molar-refractivity contribution in [3.05, 3.63) is 61.3 Å². The summed E-state index contributed by atoms with van der Waals surface area (Å²) < 4.78 is 0. The molecule has 132 valence electrons. The Morgan fingerprint density at radius 1 is 1.36 bits per heavy atom. The molecule has 25 heavy (non-hydrogen) atoms. The van der Waals surface area contributed by atoms with Crippen molar-refractivity contribution in [3.63, 3.8) is 0 Å². The zero-order valence-corrected chi connectivity index (χ0v) is 15.1. The summed E-state index contributed by atoms with van der Waals surface area (Å²) in [5.41, 5.74) is -0.0221. The van der Waals surface area contributed by atoms with Crippen LogP contribution >= 0.6 is 22.9 Å². The number of nitro benzene ring substituents is 1. The van der Waals surface area contributed by atoms with Crippen LogP contribution in [0.4, 0.5) is 5.69 Å². The fourth-order valence-electron chi connectivity index (χ4n) is 3.03. The van der Waals surface area contributed by atoms with Gasteiger partial charge in [0.05, 0.1) is 11.0 Å². The number of nitro groups is 1. The number of hydrogen-bond donors (Lipinski definition) is 1. The van der Waals surface area contributed by atoms with E-state index in [0.717, 1.165) is 13.1 Å². The van der Waals surface area contributed by atoms with Gasteiger partial charge in [-0.15, -0.1) is 11.3 Å². The van der Waals surface area contributed by atoms with Crippen molar-refractivity contribution in [1.82, 2.24) is 10.2 Å². The molecule has 1 aliphatic heterocycles. The molecule has 2 aromatic rings. The van der Waals surface area contributed by atoms with Crippen LogP contribution in [-0.4, -0.2) is 35.4 Å². The molecule has 1 fully saturated rings. The lowest BCUT2D eigenvalue weighted by atomic mass is 10.1.